The van der Waals surface area contributed by atoms with Crippen molar-refractivity contribution < 1.29 is 23.8 Å². The number of hydrogen-bond acceptors (Lipinski definition) is 7. The van der Waals surface area contributed by atoms with Crippen molar-refractivity contribution in [2.75, 3.05) is 52.0 Å². The number of imidazole rings is 1. The molecule has 0 spiro atoms. The van der Waals surface area contributed by atoms with E-state index >= 15 is 0 Å². The van der Waals surface area contributed by atoms with E-state index < -0.39 is 0 Å². The van der Waals surface area contributed by atoms with Gasteiger partial charge in [0.25, 0.3) is 5.91 Å². The van der Waals surface area contributed by atoms with Crippen molar-refractivity contribution in [3.8, 4) is 11.5 Å². The highest BCUT2D eigenvalue weighted by Crippen LogP contribution is 2.40. The highest BCUT2D eigenvalue weighted by Gasteiger charge is 2.27. The quantitative estimate of drug-likeness (QED) is 0.439. The number of fused-ring (bicyclic) bond motifs is 1. The van der Waals surface area contributed by atoms with E-state index in [1.165, 1.54) is 0 Å². The van der Waals surface area contributed by atoms with E-state index in [2.05, 4.69) is 31.0 Å². The van der Waals surface area contributed by atoms with E-state index in [9.17, 15) is 9.59 Å². The lowest BCUT2D eigenvalue weighted by Gasteiger charge is -2.33. The normalized spacial score (nSPS) is 14.0. The predicted molar refractivity (Wildman–Crippen MR) is 145 cm³/mol. The van der Waals surface area contributed by atoms with Gasteiger partial charge >= 0.3 is 0 Å². The van der Waals surface area contributed by atoms with E-state index in [4.69, 9.17) is 19.6 Å². The lowest BCUT2D eigenvalue weighted by Crippen LogP contribution is -2.37. The molecule has 0 unspecified atom stereocenters. The number of rotatable bonds is 8. The second-order valence-corrected chi connectivity index (χ2v) is 10.3. The van der Waals surface area contributed by atoms with Crippen molar-refractivity contribution in [2.24, 2.45) is 0 Å². The Balaban J connectivity index is 1.76. The molecule has 0 bridgehead atoms. The number of hydrogen-bond donors (Lipinski definition) is 2. The summed E-state index contributed by atoms with van der Waals surface area (Å²) < 4.78 is 20.2. The topological polar surface area (TPSA) is 110 Å². The summed E-state index contributed by atoms with van der Waals surface area (Å²) in [5.41, 5.74) is 3.18. The first-order valence-corrected chi connectivity index (χ1v) is 12.8. The summed E-state index contributed by atoms with van der Waals surface area (Å²) in [4.78, 5) is 28.3. The maximum absolute atomic E-state index is 13.7. The van der Waals surface area contributed by atoms with E-state index in [1.54, 1.807) is 41.6 Å². The number of morpholine rings is 1. The zero-order valence-corrected chi connectivity index (χ0v) is 23.0. The number of carbonyl (C=O) groups is 2. The Bertz CT molecular complexity index is 1410. The van der Waals surface area contributed by atoms with Crippen molar-refractivity contribution in [1.82, 2.24) is 14.3 Å². The summed E-state index contributed by atoms with van der Waals surface area (Å²) >= 11 is 0. The lowest BCUT2D eigenvalue weighted by molar-refractivity contribution is 0.0953. The number of pyridine rings is 1. The molecule has 38 heavy (non-hydrogen) atoms. The molecule has 1 fully saturated rings. The van der Waals surface area contributed by atoms with Crippen molar-refractivity contribution in [1.29, 1.82) is 5.41 Å². The largest absolute Gasteiger partial charge is 0.494 e. The molecule has 4 rings (SSSR count). The van der Waals surface area contributed by atoms with Crippen LogP contribution in [-0.2, 0) is 16.7 Å². The zero-order valence-electron chi connectivity index (χ0n) is 23.0. The summed E-state index contributed by atoms with van der Waals surface area (Å²) in [6.45, 7) is 11.2. The number of nitrogens with one attached hydrogen (secondary N) is 2. The van der Waals surface area contributed by atoms with Gasteiger partial charge < -0.3 is 29.0 Å². The van der Waals surface area contributed by atoms with Crippen LogP contribution in [0.2, 0.25) is 0 Å². The van der Waals surface area contributed by atoms with E-state index in [-0.39, 0.29) is 29.3 Å². The van der Waals surface area contributed by atoms with E-state index in [0.717, 1.165) is 17.0 Å². The monoisotopic (exact) mass is 523 g/mol. The molecular formula is C28H37N5O5. The number of benzene rings is 1. The molecule has 1 saturated heterocycles. The number of carbonyl (C=O) groups excluding carboxylic acids is 2. The highest BCUT2D eigenvalue weighted by atomic mass is 16.5. The van der Waals surface area contributed by atoms with Gasteiger partial charge in [-0.05, 0) is 24.5 Å². The van der Waals surface area contributed by atoms with Crippen LogP contribution in [0.25, 0.3) is 5.52 Å². The molecule has 204 valence electrons. The first-order valence-electron chi connectivity index (χ1n) is 12.8. The fraction of sp³-hybridized carbons (Fsp3) is 0.464. The summed E-state index contributed by atoms with van der Waals surface area (Å²) in [5.74, 6) is 0.758. The summed E-state index contributed by atoms with van der Waals surface area (Å²) in [7, 11) is 3.21. The van der Waals surface area contributed by atoms with Crippen molar-refractivity contribution in [2.45, 2.75) is 39.7 Å². The lowest BCUT2D eigenvalue weighted by atomic mass is 9.84. The summed E-state index contributed by atoms with van der Waals surface area (Å²) in [5, 5.41) is 11.3. The first-order chi connectivity index (χ1) is 18.1. The van der Waals surface area contributed by atoms with Gasteiger partial charge in [0.1, 0.15) is 11.5 Å². The Morgan fingerprint density at radius 2 is 1.84 bits per heavy atom. The van der Waals surface area contributed by atoms with Crippen LogP contribution >= 0.6 is 0 Å². The smallest absolute Gasteiger partial charge is 0.256 e. The Labute approximate surface area is 222 Å². The van der Waals surface area contributed by atoms with Crippen LogP contribution in [0.3, 0.4) is 0 Å². The van der Waals surface area contributed by atoms with Crippen LogP contribution in [0.5, 0.6) is 11.5 Å². The van der Waals surface area contributed by atoms with Gasteiger partial charge in [-0.1, -0.05) is 20.8 Å². The molecule has 1 aliphatic rings. The molecule has 2 aromatic heterocycles. The minimum Gasteiger partial charge on any atom is -0.494 e. The van der Waals surface area contributed by atoms with Gasteiger partial charge in [0, 0.05) is 49.7 Å². The Hall–Kier alpha value is -3.79. The highest BCUT2D eigenvalue weighted by molar-refractivity contribution is 5.98. The molecule has 2 N–H and O–H groups in total. The number of anilines is 1. The third-order valence-corrected chi connectivity index (χ3v) is 6.71. The third kappa shape index (κ3) is 5.26. The minimum atomic E-state index is -0.310. The Morgan fingerprint density at radius 3 is 2.45 bits per heavy atom. The fourth-order valence-corrected chi connectivity index (χ4v) is 4.72. The van der Waals surface area contributed by atoms with Crippen LogP contribution in [0.15, 0.2) is 30.6 Å². The van der Waals surface area contributed by atoms with E-state index in [0.29, 0.717) is 55.3 Å². The molecule has 1 aromatic carbocycles. The van der Waals surface area contributed by atoms with Gasteiger partial charge in [-0.2, -0.15) is 0 Å². The van der Waals surface area contributed by atoms with Gasteiger partial charge in [0.15, 0.2) is 5.78 Å². The number of ketones is 1. The molecule has 10 nitrogen and oxygen atoms in total. The Morgan fingerprint density at radius 1 is 1.13 bits per heavy atom. The number of amides is 1. The molecule has 3 aromatic rings. The number of nitrogens with zero attached hydrogens (tertiary/aromatic N) is 3. The molecule has 1 amide bonds. The second kappa shape index (κ2) is 10.9. The van der Waals surface area contributed by atoms with Crippen molar-refractivity contribution in [3.63, 3.8) is 0 Å². The van der Waals surface area contributed by atoms with Crippen LogP contribution in [0.1, 0.15) is 54.0 Å². The molecule has 10 heteroatoms. The fourth-order valence-electron chi connectivity index (χ4n) is 4.72. The van der Waals surface area contributed by atoms with Crippen molar-refractivity contribution >= 4 is 22.9 Å². The molecule has 3 heterocycles. The molecule has 0 radical (unpaired) electrons. The van der Waals surface area contributed by atoms with Crippen LogP contribution in [-0.4, -0.2) is 67.7 Å². The molecule has 1 aliphatic heterocycles. The van der Waals surface area contributed by atoms with Crippen molar-refractivity contribution in [3.05, 3.63) is 52.9 Å². The molecule has 0 aliphatic carbocycles. The van der Waals surface area contributed by atoms with Gasteiger partial charge in [-0.3, -0.25) is 19.4 Å². The third-order valence-electron chi connectivity index (χ3n) is 6.71. The van der Waals surface area contributed by atoms with Crippen LogP contribution in [0.4, 0.5) is 5.69 Å². The molecule has 0 saturated carbocycles. The van der Waals surface area contributed by atoms with Gasteiger partial charge in [-0.15, -0.1) is 0 Å². The average Bonchev–Trinajstić information content (AvgIpc) is 3.20. The van der Waals surface area contributed by atoms with Gasteiger partial charge in [0.2, 0.25) is 5.62 Å². The zero-order chi connectivity index (χ0) is 27.6. The Kier molecular flexibility index (Phi) is 7.82. The number of aromatic nitrogens is 2. The maximum atomic E-state index is 13.7. The second-order valence-electron chi connectivity index (χ2n) is 10.3. The number of Topliss-reactive ketones (excluding diaryl/α,β-unsaturated/α-hetero) is 1. The SMILES string of the molecule is CCOc1cc2cn(CC(=O)c3cc(N4CCOCC4)c(OC)c(C(C)(C)C)c3)c(=N)n2cc1C(=O)NC. The average molecular weight is 524 g/mol. The predicted octanol–water partition coefficient (Wildman–Crippen LogP) is 3.00. The van der Waals surface area contributed by atoms with Gasteiger partial charge in [-0.25, -0.2) is 0 Å². The van der Waals surface area contributed by atoms with E-state index in [1.807, 2.05) is 19.1 Å². The van der Waals surface area contributed by atoms with Crippen LogP contribution in [0, 0.1) is 5.41 Å². The standard InChI is InChI=1S/C28H37N5O5/c1-7-38-24-14-19-15-32(27(29)33(19)16-20(24)26(35)30-5)17-23(34)18-12-21(28(2,3)4)25(36-6)22(13-18)31-8-10-37-11-9-31/h12-16,29H,7-11,17H2,1-6H3,(H,30,35). The van der Waals surface area contributed by atoms with Crippen LogP contribution < -0.4 is 25.3 Å². The maximum Gasteiger partial charge on any atom is 0.256 e. The summed E-state index contributed by atoms with van der Waals surface area (Å²) in [6, 6.07) is 5.51. The van der Waals surface area contributed by atoms with Gasteiger partial charge in [0.05, 0.1) is 50.2 Å². The first kappa shape index (κ1) is 27.3. The molecular weight excluding hydrogens is 486 g/mol. The molecule has 0 atom stereocenters. The number of methoxy groups -OCH3 is 1. The summed E-state index contributed by atoms with van der Waals surface area (Å²) in [6.07, 6.45) is 3.30. The number of ether oxygens (including phenoxy) is 3. The minimum absolute atomic E-state index is 0.0295.